The first-order chi connectivity index (χ1) is 6.40. The summed E-state index contributed by atoms with van der Waals surface area (Å²) in [7, 11) is 1.68. The van der Waals surface area contributed by atoms with Gasteiger partial charge in [0, 0.05) is 6.21 Å². The second-order valence-corrected chi connectivity index (χ2v) is 2.91. The van der Waals surface area contributed by atoms with E-state index in [1.54, 1.807) is 7.11 Å². The SMILES string of the molecule is COc1ccc2c(c1)CN=CC=C2. The zero-order chi connectivity index (χ0) is 9.10. The first kappa shape index (κ1) is 8.05. The Labute approximate surface area is 77.6 Å². The molecular weight excluding hydrogens is 162 g/mol. The van der Waals surface area contributed by atoms with Crippen LogP contribution in [0.2, 0.25) is 0 Å². The van der Waals surface area contributed by atoms with Crippen LogP contribution in [0.3, 0.4) is 0 Å². The van der Waals surface area contributed by atoms with Crippen molar-refractivity contribution < 1.29 is 4.74 Å². The fraction of sp³-hybridized carbons (Fsp3) is 0.182. The molecule has 2 nitrogen and oxygen atoms in total. The molecule has 0 atom stereocenters. The molecule has 1 aliphatic rings. The van der Waals surface area contributed by atoms with Crippen LogP contribution in [0.1, 0.15) is 11.1 Å². The predicted octanol–water partition coefficient (Wildman–Crippen LogP) is 2.29. The Morgan fingerprint density at radius 1 is 1.38 bits per heavy atom. The van der Waals surface area contributed by atoms with Gasteiger partial charge in [-0.3, -0.25) is 4.99 Å². The highest BCUT2D eigenvalue weighted by Crippen LogP contribution is 2.20. The summed E-state index contributed by atoms with van der Waals surface area (Å²) in [5.74, 6) is 0.893. The van der Waals surface area contributed by atoms with Crippen molar-refractivity contribution >= 4 is 12.3 Å². The highest BCUT2D eigenvalue weighted by atomic mass is 16.5. The van der Waals surface area contributed by atoms with E-state index in [2.05, 4.69) is 17.1 Å². The molecular formula is C11H11NO. The molecule has 1 aliphatic heterocycles. The van der Waals surface area contributed by atoms with Crippen molar-refractivity contribution in [3.63, 3.8) is 0 Å². The normalized spacial score (nSPS) is 13.6. The van der Waals surface area contributed by atoms with Crippen LogP contribution in [0.25, 0.3) is 6.08 Å². The lowest BCUT2D eigenvalue weighted by atomic mass is 10.1. The molecule has 0 amide bonds. The van der Waals surface area contributed by atoms with Crippen LogP contribution in [0, 0.1) is 0 Å². The van der Waals surface area contributed by atoms with Gasteiger partial charge in [0.15, 0.2) is 0 Å². The third-order valence-corrected chi connectivity index (χ3v) is 2.08. The Kier molecular flexibility index (Phi) is 2.13. The van der Waals surface area contributed by atoms with E-state index in [4.69, 9.17) is 4.74 Å². The van der Waals surface area contributed by atoms with Crippen LogP contribution in [0.15, 0.2) is 29.3 Å². The van der Waals surface area contributed by atoms with Crippen molar-refractivity contribution in [2.75, 3.05) is 7.11 Å². The van der Waals surface area contributed by atoms with Gasteiger partial charge in [-0.15, -0.1) is 0 Å². The lowest BCUT2D eigenvalue weighted by Gasteiger charge is -2.05. The van der Waals surface area contributed by atoms with Gasteiger partial charge in [-0.25, -0.2) is 0 Å². The summed E-state index contributed by atoms with van der Waals surface area (Å²) < 4.78 is 5.15. The number of nitrogens with zero attached hydrogens (tertiary/aromatic N) is 1. The summed E-state index contributed by atoms with van der Waals surface area (Å²) >= 11 is 0. The second kappa shape index (κ2) is 3.44. The van der Waals surface area contributed by atoms with Gasteiger partial charge in [-0.05, 0) is 29.3 Å². The Morgan fingerprint density at radius 2 is 2.31 bits per heavy atom. The second-order valence-electron chi connectivity index (χ2n) is 2.91. The van der Waals surface area contributed by atoms with Gasteiger partial charge in [-0.1, -0.05) is 12.1 Å². The van der Waals surface area contributed by atoms with Crippen LogP contribution < -0.4 is 4.74 Å². The van der Waals surface area contributed by atoms with Crippen molar-refractivity contribution in [1.82, 2.24) is 0 Å². The van der Waals surface area contributed by atoms with E-state index in [1.807, 2.05) is 24.4 Å². The Bertz CT molecular complexity index is 366. The van der Waals surface area contributed by atoms with Gasteiger partial charge >= 0.3 is 0 Å². The lowest BCUT2D eigenvalue weighted by Crippen LogP contribution is -1.89. The lowest BCUT2D eigenvalue weighted by molar-refractivity contribution is 0.414. The summed E-state index contributed by atoms with van der Waals surface area (Å²) in [4.78, 5) is 4.22. The molecule has 2 heteroatoms. The Hall–Kier alpha value is -1.57. The largest absolute Gasteiger partial charge is 0.497 e. The Morgan fingerprint density at radius 3 is 3.15 bits per heavy atom. The molecule has 1 aromatic carbocycles. The molecule has 0 saturated heterocycles. The number of benzene rings is 1. The number of ether oxygens (including phenoxy) is 1. The van der Waals surface area contributed by atoms with E-state index in [1.165, 1.54) is 11.1 Å². The number of allylic oxidation sites excluding steroid dienone is 1. The minimum Gasteiger partial charge on any atom is -0.497 e. The number of hydrogen-bond acceptors (Lipinski definition) is 2. The Balaban J connectivity index is 2.45. The van der Waals surface area contributed by atoms with E-state index < -0.39 is 0 Å². The monoisotopic (exact) mass is 173 g/mol. The maximum absolute atomic E-state index is 5.15. The quantitative estimate of drug-likeness (QED) is 0.638. The number of hydrogen-bond donors (Lipinski definition) is 0. The summed E-state index contributed by atoms with van der Waals surface area (Å²) in [5, 5.41) is 0. The van der Waals surface area contributed by atoms with E-state index in [9.17, 15) is 0 Å². The fourth-order valence-corrected chi connectivity index (χ4v) is 1.37. The third kappa shape index (κ3) is 1.61. The minimum atomic E-state index is 0.736. The molecule has 66 valence electrons. The number of aliphatic imine (C=N–C) groups is 1. The zero-order valence-corrected chi connectivity index (χ0v) is 7.53. The molecule has 0 spiro atoms. The van der Waals surface area contributed by atoms with Crippen LogP contribution in [-0.2, 0) is 6.54 Å². The summed E-state index contributed by atoms with van der Waals surface area (Å²) in [6, 6.07) is 6.05. The molecule has 13 heavy (non-hydrogen) atoms. The molecule has 0 bridgehead atoms. The molecule has 1 heterocycles. The van der Waals surface area contributed by atoms with Crippen molar-refractivity contribution in [2.45, 2.75) is 6.54 Å². The molecule has 0 aliphatic carbocycles. The first-order valence-corrected chi connectivity index (χ1v) is 4.23. The van der Waals surface area contributed by atoms with Gasteiger partial charge in [-0.2, -0.15) is 0 Å². The molecule has 1 aromatic rings. The third-order valence-electron chi connectivity index (χ3n) is 2.08. The predicted molar refractivity (Wildman–Crippen MR) is 54.2 cm³/mol. The van der Waals surface area contributed by atoms with E-state index in [-0.39, 0.29) is 0 Å². The topological polar surface area (TPSA) is 21.6 Å². The van der Waals surface area contributed by atoms with Crippen molar-refractivity contribution in [3.8, 4) is 5.75 Å². The first-order valence-electron chi connectivity index (χ1n) is 4.23. The number of rotatable bonds is 1. The number of methoxy groups -OCH3 is 1. The molecule has 0 N–H and O–H groups in total. The zero-order valence-electron chi connectivity index (χ0n) is 7.53. The average molecular weight is 173 g/mol. The van der Waals surface area contributed by atoms with Gasteiger partial charge < -0.3 is 4.74 Å². The van der Waals surface area contributed by atoms with Gasteiger partial charge in [0.1, 0.15) is 5.75 Å². The highest BCUT2D eigenvalue weighted by molar-refractivity contribution is 5.80. The van der Waals surface area contributed by atoms with Crippen LogP contribution in [0.4, 0.5) is 0 Å². The highest BCUT2D eigenvalue weighted by Gasteiger charge is 2.02. The molecule has 0 aromatic heterocycles. The molecule has 0 fully saturated rings. The summed E-state index contributed by atoms with van der Waals surface area (Å²) in [5.41, 5.74) is 2.43. The minimum absolute atomic E-state index is 0.736. The molecule has 0 saturated carbocycles. The van der Waals surface area contributed by atoms with Crippen molar-refractivity contribution in [3.05, 3.63) is 35.4 Å². The maximum atomic E-state index is 5.15. The van der Waals surface area contributed by atoms with Crippen LogP contribution >= 0.6 is 0 Å². The van der Waals surface area contributed by atoms with Gasteiger partial charge in [0.25, 0.3) is 0 Å². The smallest absolute Gasteiger partial charge is 0.119 e. The van der Waals surface area contributed by atoms with E-state index >= 15 is 0 Å². The van der Waals surface area contributed by atoms with Crippen LogP contribution in [0.5, 0.6) is 5.75 Å². The molecule has 0 unspecified atom stereocenters. The van der Waals surface area contributed by atoms with Crippen molar-refractivity contribution in [1.29, 1.82) is 0 Å². The number of fused-ring (bicyclic) bond motifs is 1. The molecule has 2 rings (SSSR count). The maximum Gasteiger partial charge on any atom is 0.119 e. The van der Waals surface area contributed by atoms with Gasteiger partial charge in [0.2, 0.25) is 0 Å². The summed E-state index contributed by atoms with van der Waals surface area (Å²) in [6.07, 6.45) is 5.84. The van der Waals surface area contributed by atoms with Crippen LogP contribution in [-0.4, -0.2) is 13.3 Å². The fourth-order valence-electron chi connectivity index (χ4n) is 1.37. The molecule has 0 radical (unpaired) electrons. The van der Waals surface area contributed by atoms with E-state index in [0.29, 0.717) is 0 Å². The average Bonchev–Trinajstić information content (AvgIpc) is 2.41. The van der Waals surface area contributed by atoms with Crippen molar-refractivity contribution in [2.24, 2.45) is 4.99 Å². The van der Waals surface area contributed by atoms with Gasteiger partial charge in [0.05, 0.1) is 13.7 Å². The van der Waals surface area contributed by atoms with E-state index in [0.717, 1.165) is 12.3 Å². The standard InChI is InChI=1S/C11H11NO/c1-13-11-5-4-9-3-2-6-12-8-10(9)7-11/h2-7H,8H2,1H3. The summed E-state index contributed by atoms with van der Waals surface area (Å²) in [6.45, 7) is 0.736.